The lowest BCUT2D eigenvalue weighted by molar-refractivity contribution is 0.275. The van der Waals surface area contributed by atoms with E-state index in [-0.39, 0.29) is 6.61 Å². The number of benzene rings is 1. The lowest BCUT2D eigenvalue weighted by Crippen LogP contribution is -1.94. The van der Waals surface area contributed by atoms with E-state index in [4.69, 9.17) is 9.47 Å². The summed E-state index contributed by atoms with van der Waals surface area (Å²) < 4.78 is 10.9. The van der Waals surface area contributed by atoms with E-state index < -0.39 is 0 Å². The zero-order chi connectivity index (χ0) is 12.1. The number of hydrogen-bond acceptors (Lipinski definition) is 4. The highest BCUT2D eigenvalue weighted by molar-refractivity contribution is 5.43. The van der Waals surface area contributed by atoms with Crippen molar-refractivity contribution in [2.75, 3.05) is 7.11 Å². The Bertz CT molecular complexity index is 454. The van der Waals surface area contributed by atoms with Gasteiger partial charge in [0, 0.05) is 18.0 Å². The Labute approximate surface area is 99.5 Å². The van der Waals surface area contributed by atoms with Crippen LogP contribution in [0.4, 0.5) is 0 Å². The molecule has 0 unspecified atom stereocenters. The van der Waals surface area contributed by atoms with Gasteiger partial charge in [-0.3, -0.25) is 4.98 Å². The summed E-state index contributed by atoms with van der Waals surface area (Å²) in [5.41, 5.74) is 0.637. The largest absolute Gasteiger partial charge is 0.493 e. The molecule has 0 radical (unpaired) electrons. The summed E-state index contributed by atoms with van der Waals surface area (Å²) in [6.45, 7) is -0.113. The van der Waals surface area contributed by atoms with Gasteiger partial charge in [-0.1, -0.05) is 12.1 Å². The molecule has 1 N–H and O–H groups in total. The molecule has 0 spiro atoms. The molecule has 88 valence electrons. The van der Waals surface area contributed by atoms with Crippen molar-refractivity contribution < 1.29 is 14.6 Å². The number of aliphatic hydroxyl groups is 1. The Kier molecular flexibility index (Phi) is 3.57. The lowest BCUT2D eigenvalue weighted by atomic mass is 10.2. The fourth-order valence-electron chi connectivity index (χ4n) is 1.45. The lowest BCUT2D eigenvalue weighted by Gasteiger charge is -2.11. The zero-order valence-electron chi connectivity index (χ0n) is 9.46. The van der Waals surface area contributed by atoms with Gasteiger partial charge in [0.1, 0.15) is 5.75 Å². The molecule has 2 aromatic rings. The minimum absolute atomic E-state index is 0.113. The van der Waals surface area contributed by atoms with Gasteiger partial charge >= 0.3 is 0 Å². The van der Waals surface area contributed by atoms with E-state index in [9.17, 15) is 5.11 Å². The first-order chi connectivity index (χ1) is 8.35. The zero-order valence-corrected chi connectivity index (χ0v) is 9.46. The molecule has 17 heavy (non-hydrogen) atoms. The summed E-state index contributed by atoms with van der Waals surface area (Å²) >= 11 is 0. The number of hydrogen-bond donors (Lipinski definition) is 1. The van der Waals surface area contributed by atoms with Gasteiger partial charge in [-0.25, -0.2) is 0 Å². The Morgan fingerprint density at radius 3 is 2.59 bits per heavy atom. The van der Waals surface area contributed by atoms with Gasteiger partial charge in [-0.2, -0.15) is 0 Å². The highest BCUT2D eigenvalue weighted by atomic mass is 16.5. The van der Waals surface area contributed by atoms with Gasteiger partial charge in [0.25, 0.3) is 0 Å². The number of pyridine rings is 1. The molecule has 0 saturated carbocycles. The van der Waals surface area contributed by atoms with Crippen LogP contribution in [0.1, 0.15) is 5.56 Å². The topological polar surface area (TPSA) is 51.6 Å². The molecular formula is C13H13NO3. The second-order valence-corrected chi connectivity index (χ2v) is 3.39. The maximum Gasteiger partial charge on any atom is 0.169 e. The molecule has 0 aliphatic rings. The molecule has 2 rings (SSSR count). The van der Waals surface area contributed by atoms with Gasteiger partial charge in [0.15, 0.2) is 11.5 Å². The van der Waals surface area contributed by atoms with Crippen LogP contribution < -0.4 is 9.47 Å². The number of ether oxygens (including phenoxy) is 2. The summed E-state index contributed by atoms with van der Waals surface area (Å²) in [7, 11) is 1.59. The summed E-state index contributed by atoms with van der Waals surface area (Å²) in [4.78, 5) is 3.93. The molecule has 0 fully saturated rings. The van der Waals surface area contributed by atoms with E-state index in [0.717, 1.165) is 0 Å². The molecule has 4 nitrogen and oxygen atoms in total. The standard InChI is InChI=1S/C13H13NO3/c1-16-12-4-2-3-5-13(12)17-11-6-7-14-8-10(11)9-15/h2-8,15H,9H2,1H3. The molecule has 0 atom stereocenters. The molecule has 0 aliphatic carbocycles. The number of para-hydroxylation sites is 2. The third-order valence-electron chi connectivity index (χ3n) is 2.32. The van der Waals surface area contributed by atoms with Crippen LogP contribution in [-0.2, 0) is 6.61 Å². The van der Waals surface area contributed by atoms with Crippen molar-refractivity contribution in [1.29, 1.82) is 0 Å². The van der Waals surface area contributed by atoms with E-state index in [1.807, 2.05) is 18.2 Å². The third kappa shape index (κ3) is 2.54. The van der Waals surface area contributed by atoms with Crippen LogP contribution in [0.3, 0.4) is 0 Å². The predicted octanol–water partition coefficient (Wildman–Crippen LogP) is 2.37. The highest BCUT2D eigenvalue weighted by Crippen LogP contribution is 2.32. The normalized spacial score (nSPS) is 10.0. The van der Waals surface area contributed by atoms with Crippen LogP contribution in [0.2, 0.25) is 0 Å². The van der Waals surface area contributed by atoms with Crippen molar-refractivity contribution >= 4 is 0 Å². The van der Waals surface area contributed by atoms with Gasteiger partial charge in [0.2, 0.25) is 0 Å². The van der Waals surface area contributed by atoms with Crippen molar-refractivity contribution in [2.24, 2.45) is 0 Å². The Balaban J connectivity index is 2.31. The monoisotopic (exact) mass is 231 g/mol. The van der Waals surface area contributed by atoms with Crippen LogP contribution in [0.25, 0.3) is 0 Å². The molecule has 1 aromatic heterocycles. The van der Waals surface area contributed by atoms with Crippen LogP contribution in [0.5, 0.6) is 17.2 Å². The first kappa shape index (κ1) is 11.4. The summed E-state index contributed by atoms with van der Waals surface area (Å²) in [5, 5.41) is 9.17. The van der Waals surface area contributed by atoms with Gasteiger partial charge in [-0.05, 0) is 18.2 Å². The van der Waals surface area contributed by atoms with Crippen LogP contribution in [-0.4, -0.2) is 17.2 Å². The van der Waals surface area contributed by atoms with E-state index in [1.165, 1.54) is 0 Å². The third-order valence-corrected chi connectivity index (χ3v) is 2.32. The molecule has 4 heteroatoms. The Morgan fingerprint density at radius 2 is 1.88 bits per heavy atom. The van der Waals surface area contributed by atoms with Crippen molar-refractivity contribution in [3.8, 4) is 17.2 Å². The van der Waals surface area contributed by atoms with Crippen molar-refractivity contribution in [1.82, 2.24) is 4.98 Å². The second kappa shape index (κ2) is 5.32. The minimum Gasteiger partial charge on any atom is -0.493 e. The second-order valence-electron chi connectivity index (χ2n) is 3.39. The number of nitrogens with zero attached hydrogens (tertiary/aromatic N) is 1. The van der Waals surface area contributed by atoms with E-state index in [2.05, 4.69) is 4.98 Å². The van der Waals surface area contributed by atoms with Crippen molar-refractivity contribution in [2.45, 2.75) is 6.61 Å². The molecule has 0 amide bonds. The molecular weight excluding hydrogens is 218 g/mol. The first-order valence-corrected chi connectivity index (χ1v) is 5.19. The first-order valence-electron chi connectivity index (χ1n) is 5.19. The van der Waals surface area contributed by atoms with E-state index in [1.54, 1.807) is 31.6 Å². The average Bonchev–Trinajstić information content (AvgIpc) is 2.40. The molecule has 1 heterocycles. The number of methoxy groups -OCH3 is 1. The predicted molar refractivity (Wildman–Crippen MR) is 63.2 cm³/mol. The van der Waals surface area contributed by atoms with Gasteiger partial charge in [0.05, 0.1) is 13.7 Å². The highest BCUT2D eigenvalue weighted by Gasteiger charge is 2.07. The number of rotatable bonds is 4. The molecule has 0 bridgehead atoms. The number of aliphatic hydroxyl groups excluding tert-OH is 1. The summed E-state index contributed by atoms with van der Waals surface area (Å²) in [6, 6.07) is 9.05. The maximum absolute atomic E-state index is 9.17. The average molecular weight is 231 g/mol. The van der Waals surface area contributed by atoms with Gasteiger partial charge < -0.3 is 14.6 Å². The summed E-state index contributed by atoms with van der Waals surface area (Å²) in [5.74, 6) is 1.83. The van der Waals surface area contributed by atoms with Crippen LogP contribution in [0.15, 0.2) is 42.7 Å². The van der Waals surface area contributed by atoms with Crippen LogP contribution >= 0.6 is 0 Å². The van der Waals surface area contributed by atoms with E-state index in [0.29, 0.717) is 22.8 Å². The van der Waals surface area contributed by atoms with Crippen molar-refractivity contribution in [3.63, 3.8) is 0 Å². The molecule has 0 aliphatic heterocycles. The smallest absolute Gasteiger partial charge is 0.169 e. The Morgan fingerprint density at radius 1 is 1.12 bits per heavy atom. The van der Waals surface area contributed by atoms with Crippen LogP contribution in [0, 0.1) is 0 Å². The fourth-order valence-corrected chi connectivity index (χ4v) is 1.45. The minimum atomic E-state index is -0.113. The molecule has 0 saturated heterocycles. The van der Waals surface area contributed by atoms with Crippen molar-refractivity contribution in [3.05, 3.63) is 48.3 Å². The summed E-state index contributed by atoms with van der Waals surface area (Å²) in [6.07, 6.45) is 3.19. The van der Waals surface area contributed by atoms with Gasteiger partial charge in [-0.15, -0.1) is 0 Å². The maximum atomic E-state index is 9.17. The van der Waals surface area contributed by atoms with E-state index >= 15 is 0 Å². The Hall–Kier alpha value is -2.07. The fraction of sp³-hybridized carbons (Fsp3) is 0.154. The molecule has 1 aromatic carbocycles. The SMILES string of the molecule is COc1ccccc1Oc1ccncc1CO. The quantitative estimate of drug-likeness (QED) is 0.877. The number of aromatic nitrogens is 1.